The van der Waals surface area contributed by atoms with Crippen LogP contribution in [0.4, 0.5) is 0 Å². The van der Waals surface area contributed by atoms with E-state index in [-0.39, 0.29) is 18.1 Å². The van der Waals surface area contributed by atoms with E-state index < -0.39 is 0 Å². The number of hydrogen-bond donors (Lipinski definition) is 1. The number of pyridine rings is 1. The number of carbonyl (C=O) groups excluding carboxylic acids is 1. The molecule has 1 saturated heterocycles. The topological polar surface area (TPSA) is 69.7 Å². The van der Waals surface area contributed by atoms with Crippen molar-refractivity contribution in [1.29, 1.82) is 0 Å². The second kappa shape index (κ2) is 8.19. The monoisotopic (exact) mass is 356 g/mol. The van der Waals surface area contributed by atoms with Crippen molar-refractivity contribution in [3.63, 3.8) is 0 Å². The quantitative estimate of drug-likeness (QED) is 0.608. The molecule has 0 bridgehead atoms. The molecule has 1 fully saturated rings. The minimum absolute atomic E-state index is 0.161. The SMILES string of the molecule is C=CCc1c(O[C@H]2CN[C@H](C(=O)OC)C2)nc2ccccc2c1OCC. The molecule has 6 heteroatoms. The second-order valence-corrected chi connectivity index (χ2v) is 6.13. The lowest BCUT2D eigenvalue weighted by molar-refractivity contribution is -0.142. The summed E-state index contributed by atoms with van der Waals surface area (Å²) in [4.78, 5) is 16.4. The molecular weight excluding hydrogens is 332 g/mol. The van der Waals surface area contributed by atoms with Gasteiger partial charge in [-0.3, -0.25) is 4.79 Å². The average molecular weight is 356 g/mol. The van der Waals surface area contributed by atoms with Gasteiger partial charge in [-0.2, -0.15) is 0 Å². The van der Waals surface area contributed by atoms with E-state index in [1.807, 2.05) is 37.3 Å². The number of nitrogens with one attached hydrogen (secondary N) is 1. The number of ether oxygens (including phenoxy) is 3. The number of esters is 1. The van der Waals surface area contributed by atoms with Crippen LogP contribution >= 0.6 is 0 Å². The molecule has 1 aromatic heterocycles. The molecule has 0 radical (unpaired) electrons. The molecule has 2 heterocycles. The van der Waals surface area contributed by atoms with Gasteiger partial charge in [-0.15, -0.1) is 6.58 Å². The first-order valence-corrected chi connectivity index (χ1v) is 8.81. The van der Waals surface area contributed by atoms with Gasteiger partial charge in [0.1, 0.15) is 17.9 Å². The van der Waals surface area contributed by atoms with Gasteiger partial charge in [0.15, 0.2) is 0 Å². The molecule has 0 aliphatic carbocycles. The maximum Gasteiger partial charge on any atom is 0.323 e. The smallest absolute Gasteiger partial charge is 0.323 e. The molecule has 1 aliphatic rings. The molecule has 0 saturated carbocycles. The summed E-state index contributed by atoms with van der Waals surface area (Å²) in [7, 11) is 1.39. The maximum atomic E-state index is 11.7. The number of allylic oxidation sites excluding steroid dienone is 1. The summed E-state index contributed by atoms with van der Waals surface area (Å²) in [6.45, 7) is 6.91. The summed E-state index contributed by atoms with van der Waals surface area (Å²) >= 11 is 0. The Morgan fingerprint density at radius 1 is 1.42 bits per heavy atom. The third-order valence-electron chi connectivity index (χ3n) is 4.39. The highest BCUT2D eigenvalue weighted by Crippen LogP contribution is 2.36. The number of fused-ring (bicyclic) bond motifs is 1. The number of methoxy groups -OCH3 is 1. The molecular formula is C20H24N2O4. The minimum atomic E-state index is -0.348. The van der Waals surface area contributed by atoms with Crippen LogP contribution in [-0.2, 0) is 16.0 Å². The van der Waals surface area contributed by atoms with Crippen LogP contribution in [0.1, 0.15) is 18.9 Å². The standard InChI is InChI=1S/C20H24N2O4/c1-4-8-15-18(25-5-2)14-9-6-7-10-16(14)22-19(15)26-13-11-17(21-12-13)20(23)24-3/h4,6-7,9-10,13,17,21H,1,5,8,11-12H2,2-3H3/t13-,17+/m1/s1. The van der Waals surface area contributed by atoms with Gasteiger partial charge in [-0.1, -0.05) is 18.2 Å². The van der Waals surface area contributed by atoms with Gasteiger partial charge in [-0.25, -0.2) is 4.98 Å². The molecule has 1 N–H and O–H groups in total. The Kier molecular flexibility index (Phi) is 5.73. The Labute approximate surface area is 153 Å². The summed E-state index contributed by atoms with van der Waals surface area (Å²) in [5, 5.41) is 4.08. The summed E-state index contributed by atoms with van der Waals surface area (Å²) in [6.07, 6.45) is 2.78. The fourth-order valence-corrected chi connectivity index (χ4v) is 3.20. The van der Waals surface area contributed by atoms with Crippen LogP contribution in [0.5, 0.6) is 11.6 Å². The van der Waals surface area contributed by atoms with Gasteiger partial charge in [0.2, 0.25) is 5.88 Å². The third-order valence-corrected chi connectivity index (χ3v) is 4.39. The van der Waals surface area contributed by atoms with Crippen molar-refractivity contribution in [3.8, 4) is 11.6 Å². The van der Waals surface area contributed by atoms with Crippen LogP contribution in [0.25, 0.3) is 10.9 Å². The van der Waals surface area contributed by atoms with Gasteiger partial charge in [0.25, 0.3) is 0 Å². The Balaban J connectivity index is 1.95. The molecule has 0 unspecified atom stereocenters. The van der Waals surface area contributed by atoms with Crippen molar-refractivity contribution < 1.29 is 19.0 Å². The highest BCUT2D eigenvalue weighted by Gasteiger charge is 2.32. The zero-order valence-corrected chi connectivity index (χ0v) is 15.2. The second-order valence-electron chi connectivity index (χ2n) is 6.13. The number of carbonyl (C=O) groups is 1. The lowest BCUT2D eigenvalue weighted by Crippen LogP contribution is -2.31. The van der Waals surface area contributed by atoms with E-state index in [1.54, 1.807) is 0 Å². The van der Waals surface area contributed by atoms with E-state index in [1.165, 1.54) is 7.11 Å². The average Bonchev–Trinajstić information content (AvgIpc) is 3.12. The van der Waals surface area contributed by atoms with Crippen LogP contribution in [0.15, 0.2) is 36.9 Å². The van der Waals surface area contributed by atoms with E-state index in [0.29, 0.717) is 31.9 Å². The molecule has 0 amide bonds. The fraction of sp³-hybridized carbons (Fsp3) is 0.400. The van der Waals surface area contributed by atoms with E-state index in [0.717, 1.165) is 22.2 Å². The van der Waals surface area contributed by atoms with Crippen molar-refractivity contribution in [2.75, 3.05) is 20.3 Å². The van der Waals surface area contributed by atoms with Crippen molar-refractivity contribution in [2.24, 2.45) is 0 Å². The third kappa shape index (κ3) is 3.65. The van der Waals surface area contributed by atoms with Crippen LogP contribution < -0.4 is 14.8 Å². The lowest BCUT2D eigenvalue weighted by Gasteiger charge is -2.19. The van der Waals surface area contributed by atoms with Crippen LogP contribution in [0, 0.1) is 0 Å². The van der Waals surface area contributed by atoms with E-state index in [4.69, 9.17) is 19.2 Å². The first-order chi connectivity index (χ1) is 12.7. The predicted molar refractivity (Wildman–Crippen MR) is 99.7 cm³/mol. The number of para-hydroxylation sites is 1. The molecule has 1 aliphatic heterocycles. The number of hydrogen-bond acceptors (Lipinski definition) is 6. The number of rotatable bonds is 7. The van der Waals surface area contributed by atoms with Crippen LogP contribution in [-0.4, -0.2) is 43.4 Å². The lowest BCUT2D eigenvalue weighted by atomic mass is 10.1. The summed E-state index contributed by atoms with van der Waals surface area (Å²) in [5.41, 5.74) is 1.69. The Morgan fingerprint density at radius 3 is 2.96 bits per heavy atom. The van der Waals surface area contributed by atoms with E-state index in [2.05, 4.69) is 11.9 Å². The van der Waals surface area contributed by atoms with Gasteiger partial charge in [0.05, 0.1) is 24.8 Å². The number of aromatic nitrogens is 1. The molecule has 2 atom stereocenters. The number of nitrogens with zero attached hydrogens (tertiary/aromatic N) is 1. The van der Waals surface area contributed by atoms with Gasteiger partial charge in [-0.05, 0) is 25.5 Å². The Morgan fingerprint density at radius 2 is 2.23 bits per heavy atom. The first-order valence-electron chi connectivity index (χ1n) is 8.81. The Hall–Kier alpha value is -2.60. The van der Waals surface area contributed by atoms with E-state index in [9.17, 15) is 4.79 Å². The normalized spacial score (nSPS) is 19.3. The molecule has 3 rings (SSSR count). The molecule has 138 valence electrons. The molecule has 1 aromatic carbocycles. The van der Waals surface area contributed by atoms with Gasteiger partial charge >= 0.3 is 5.97 Å². The fourth-order valence-electron chi connectivity index (χ4n) is 3.20. The van der Waals surface area contributed by atoms with Crippen LogP contribution in [0.2, 0.25) is 0 Å². The summed E-state index contributed by atoms with van der Waals surface area (Å²) < 4.78 is 16.9. The summed E-state index contributed by atoms with van der Waals surface area (Å²) in [6, 6.07) is 7.49. The minimum Gasteiger partial charge on any atom is -0.493 e. The zero-order valence-electron chi connectivity index (χ0n) is 15.2. The molecule has 26 heavy (non-hydrogen) atoms. The predicted octanol–water partition coefficient (Wildman–Crippen LogP) is 2.64. The zero-order chi connectivity index (χ0) is 18.5. The number of benzene rings is 1. The van der Waals surface area contributed by atoms with E-state index >= 15 is 0 Å². The van der Waals surface area contributed by atoms with Crippen LogP contribution in [0.3, 0.4) is 0 Å². The molecule has 6 nitrogen and oxygen atoms in total. The van der Waals surface area contributed by atoms with Crippen molar-refractivity contribution in [1.82, 2.24) is 10.3 Å². The van der Waals surface area contributed by atoms with Crippen molar-refractivity contribution >= 4 is 16.9 Å². The van der Waals surface area contributed by atoms with Gasteiger partial charge < -0.3 is 19.5 Å². The molecule has 2 aromatic rings. The largest absolute Gasteiger partial charge is 0.493 e. The van der Waals surface area contributed by atoms with Gasteiger partial charge in [0, 0.05) is 18.4 Å². The summed E-state index contributed by atoms with van der Waals surface area (Å²) in [5.74, 6) is 1.04. The molecule has 0 spiro atoms. The highest BCUT2D eigenvalue weighted by atomic mass is 16.5. The highest BCUT2D eigenvalue weighted by molar-refractivity contribution is 5.87. The van der Waals surface area contributed by atoms with Crippen molar-refractivity contribution in [2.45, 2.75) is 31.9 Å². The Bertz CT molecular complexity index is 806. The maximum absolute atomic E-state index is 11.7. The van der Waals surface area contributed by atoms with Crippen molar-refractivity contribution in [3.05, 3.63) is 42.5 Å². The first kappa shape index (κ1) is 18.2.